The van der Waals surface area contributed by atoms with Crippen LogP contribution in [0.15, 0.2) is 49.1 Å². The Labute approximate surface area is 219 Å². The molecule has 0 bridgehead atoms. The van der Waals surface area contributed by atoms with Crippen molar-refractivity contribution in [3.63, 3.8) is 0 Å². The highest BCUT2D eigenvalue weighted by atomic mass is 16.5. The van der Waals surface area contributed by atoms with E-state index >= 15 is 0 Å². The third kappa shape index (κ3) is 5.14. The van der Waals surface area contributed by atoms with E-state index in [2.05, 4.69) is 30.6 Å². The van der Waals surface area contributed by atoms with Crippen LogP contribution in [-0.4, -0.2) is 64.4 Å². The second-order valence-electron chi connectivity index (χ2n) is 8.90. The van der Waals surface area contributed by atoms with Gasteiger partial charge in [0.15, 0.2) is 5.82 Å². The van der Waals surface area contributed by atoms with Gasteiger partial charge >= 0.3 is 5.97 Å². The quantitative estimate of drug-likeness (QED) is 0.354. The number of amides is 1. The van der Waals surface area contributed by atoms with E-state index in [1.807, 2.05) is 32.0 Å². The predicted molar refractivity (Wildman–Crippen MR) is 143 cm³/mol. The Morgan fingerprint density at radius 1 is 1.11 bits per heavy atom. The first kappa shape index (κ1) is 25.2. The molecule has 0 radical (unpaired) electrons. The number of benzene rings is 1. The van der Waals surface area contributed by atoms with Crippen molar-refractivity contribution in [2.75, 3.05) is 48.4 Å². The Morgan fingerprint density at radius 3 is 2.71 bits per heavy atom. The number of rotatable bonds is 7. The lowest BCUT2D eigenvalue weighted by Gasteiger charge is -2.27. The van der Waals surface area contributed by atoms with Gasteiger partial charge in [0.05, 0.1) is 25.4 Å². The maximum Gasteiger partial charge on any atom is 0.340 e. The van der Waals surface area contributed by atoms with Crippen LogP contribution < -0.4 is 15.5 Å². The highest BCUT2D eigenvalue weighted by molar-refractivity contribution is 6.05. The van der Waals surface area contributed by atoms with E-state index in [0.717, 1.165) is 30.2 Å². The van der Waals surface area contributed by atoms with Gasteiger partial charge in [-0.3, -0.25) is 4.79 Å². The normalized spacial score (nSPS) is 13.4. The summed E-state index contributed by atoms with van der Waals surface area (Å²) in [6.45, 7) is 8.60. The van der Waals surface area contributed by atoms with Crippen LogP contribution in [0.3, 0.4) is 0 Å². The number of nitrogens with one attached hydrogen (secondary N) is 2. The fourth-order valence-corrected chi connectivity index (χ4v) is 4.36. The van der Waals surface area contributed by atoms with Gasteiger partial charge in [0.25, 0.3) is 5.91 Å². The lowest BCUT2D eigenvalue weighted by atomic mass is 10.1. The summed E-state index contributed by atoms with van der Waals surface area (Å²) in [5.74, 6) is 0.645. The van der Waals surface area contributed by atoms with E-state index < -0.39 is 5.97 Å². The number of hydrogen-bond donors (Lipinski definition) is 2. The largest absolute Gasteiger partial charge is 0.462 e. The molecule has 0 aliphatic carbocycles. The van der Waals surface area contributed by atoms with Crippen LogP contribution in [0.5, 0.6) is 0 Å². The molecular weight excluding hydrogens is 486 g/mol. The van der Waals surface area contributed by atoms with Crippen LogP contribution in [0.4, 0.5) is 23.0 Å². The number of aromatic nitrogens is 4. The van der Waals surface area contributed by atoms with Crippen LogP contribution in [-0.2, 0) is 9.47 Å². The molecule has 0 unspecified atom stereocenters. The summed E-state index contributed by atoms with van der Waals surface area (Å²) < 4.78 is 12.2. The van der Waals surface area contributed by atoms with Crippen molar-refractivity contribution in [1.29, 1.82) is 0 Å². The van der Waals surface area contributed by atoms with Gasteiger partial charge in [-0.1, -0.05) is 6.07 Å². The van der Waals surface area contributed by atoms with Gasteiger partial charge in [-0.15, -0.1) is 0 Å². The van der Waals surface area contributed by atoms with Gasteiger partial charge in [0.2, 0.25) is 0 Å². The van der Waals surface area contributed by atoms with Crippen LogP contribution >= 0.6 is 0 Å². The predicted octanol–water partition coefficient (Wildman–Crippen LogP) is 3.75. The summed E-state index contributed by atoms with van der Waals surface area (Å²) in [6.07, 6.45) is 4.70. The van der Waals surface area contributed by atoms with Crippen molar-refractivity contribution in [2.45, 2.75) is 20.8 Å². The monoisotopic (exact) mass is 515 g/mol. The van der Waals surface area contributed by atoms with Gasteiger partial charge in [-0.2, -0.15) is 5.10 Å². The summed E-state index contributed by atoms with van der Waals surface area (Å²) in [5.41, 5.74) is 4.65. The molecule has 1 aliphatic heterocycles. The molecule has 1 amide bonds. The van der Waals surface area contributed by atoms with E-state index in [9.17, 15) is 9.59 Å². The molecule has 38 heavy (non-hydrogen) atoms. The molecule has 0 saturated carbocycles. The number of aryl methyl sites for hydroxylation is 2. The molecule has 1 saturated heterocycles. The van der Waals surface area contributed by atoms with Gasteiger partial charge in [0, 0.05) is 42.4 Å². The van der Waals surface area contributed by atoms with E-state index in [0.29, 0.717) is 46.9 Å². The average Bonchev–Trinajstić information content (AvgIpc) is 3.28. The van der Waals surface area contributed by atoms with Gasteiger partial charge < -0.3 is 25.0 Å². The maximum absolute atomic E-state index is 13.1. The van der Waals surface area contributed by atoms with Crippen molar-refractivity contribution in [3.05, 3.63) is 71.3 Å². The Bertz CT molecular complexity index is 1490. The van der Waals surface area contributed by atoms with Gasteiger partial charge in [-0.05, 0) is 56.2 Å². The Balaban J connectivity index is 1.38. The standard InChI is InChI=1S/C27H29N7O4/c1-4-38-27(36)21-15-34-24(18(21)3)25(29-16-30-34)32-22-14-20(6-5-17(22)2)31-26(35)19-7-8-28-23(13-19)33-9-11-37-12-10-33/h5-8,13-16H,4,9-12H2,1-3H3,(H,31,35)(H,29,30,32). The number of fused-ring (bicyclic) bond motifs is 1. The van der Waals surface area contributed by atoms with Crippen molar-refractivity contribution >= 4 is 40.4 Å². The number of esters is 1. The molecule has 2 N–H and O–H groups in total. The van der Waals surface area contributed by atoms with Gasteiger partial charge in [0.1, 0.15) is 17.7 Å². The zero-order valence-electron chi connectivity index (χ0n) is 21.5. The first-order valence-electron chi connectivity index (χ1n) is 12.4. The SMILES string of the molecule is CCOC(=O)c1cn2ncnc(Nc3cc(NC(=O)c4ccnc(N5CCOCC5)c4)ccc3C)c2c1C. The molecule has 0 spiro atoms. The molecule has 196 valence electrons. The first-order chi connectivity index (χ1) is 18.4. The smallest absolute Gasteiger partial charge is 0.340 e. The molecule has 3 aromatic heterocycles. The third-order valence-electron chi connectivity index (χ3n) is 6.41. The number of ether oxygens (including phenoxy) is 2. The van der Waals surface area contributed by atoms with Crippen LogP contribution in [0.25, 0.3) is 5.52 Å². The average molecular weight is 516 g/mol. The number of hydrogen-bond acceptors (Lipinski definition) is 9. The number of nitrogens with zero attached hydrogens (tertiary/aromatic N) is 5. The van der Waals surface area contributed by atoms with Crippen molar-refractivity contribution in [2.24, 2.45) is 0 Å². The maximum atomic E-state index is 13.1. The molecule has 1 aliphatic rings. The molecule has 1 fully saturated rings. The molecule has 4 heterocycles. The van der Waals surface area contributed by atoms with E-state index in [1.54, 1.807) is 36.0 Å². The molecule has 1 aromatic carbocycles. The number of carbonyl (C=O) groups is 2. The Morgan fingerprint density at radius 2 is 1.92 bits per heavy atom. The molecule has 4 aromatic rings. The molecule has 11 heteroatoms. The van der Waals surface area contributed by atoms with E-state index in [1.165, 1.54) is 6.33 Å². The van der Waals surface area contributed by atoms with Crippen LogP contribution in [0, 0.1) is 13.8 Å². The molecular formula is C27H29N7O4. The minimum absolute atomic E-state index is 0.234. The fraction of sp³-hybridized carbons (Fsp3) is 0.296. The van der Waals surface area contributed by atoms with Crippen LogP contribution in [0.2, 0.25) is 0 Å². The fourth-order valence-electron chi connectivity index (χ4n) is 4.36. The Kier molecular flexibility index (Phi) is 7.18. The molecule has 0 atom stereocenters. The lowest BCUT2D eigenvalue weighted by Crippen LogP contribution is -2.36. The van der Waals surface area contributed by atoms with Crippen molar-refractivity contribution in [3.8, 4) is 0 Å². The van der Waals surface area contributed by atoms with E-state index in [-0.39, 0.29) is 12.5 Å². The lowest BCUT2D eigenvalue weighted by molar-refractivity contribution is 0.0525. The minimum Gasteiger partial charge on any atom is -0.462 e. The summed E-state index contributed by atoms with van der Waals surface area (Å²) >= 11 is 0. The van der Waals surface area contributed by atoms with Crippen molar-refractivity contribution in [1.82, 2.24) is 19.6 Å². The second kappa shape index (κ2) is 10.9. The number of carbonyl (C=O) groups excluding carboxylic acids is 2. The summed E-state index contributed by atoms with van der Waals surface area (Å²) in [7, 11) is 0. The van der Waals surface area contributed by atoms with Gasteiger partial charge in [-0.25, -0.2) is 19.3 Å². The van der Waals surface area contributed by atoms with Crippen LogP contribution in [0.1, 0.15) is 38.8 Å². The summed E-state index contributed by atoms with van der Waals surface area (Å²) in [5, 5.41) is 10.6. The topological polar surface area (TPSA) is 123 Å². The number of morpholine rings is 1. The minimum atomic E-state index is -0.407. The zero-order valence-corrected chi connectivity index (χ0v) is 21.5. The zero-order chi connectivity index (χ0) is 26.6. The summed E-state index contributed by atoms with van der Waals surface area (Å²) in [6, 6.07) is 9.10. The number of anilines is 4. The molecule has 11 nitrogen and oxygen atoms in total. The van der Waals surface area contributed by atoms with E-state index in [4.69, 9.17) is 9.47 Å². The third-order valence-corrected chi connectivity index (χ3v) is 6.41. The van der Waals surface area contributed by atoms with Crippen molar-refractivity contribution < 1.29 is 19.1 Å². The number of pyridine rings is 1. The first-order valence-corrected chi connectivity index (χ1v) is 12.4. The second-order valence-corrected chi connectivity index (χ2v) is 8.90. The Hall–Kier alpha value is -4.51. The molecule has 5 rings (SSSR count). The summed E-state index contributed by atoms with van der Waals surface area (Å²) in [4.78, 5) is 36.4. The highest BCUT2D eigenvalue weighted by Crippen LogP contribution is 2.29. The highest BCUT2D eigenvalue weighted by Gasteiger charge is 2.20.